The molecule has 6 heteroatoms. The number of nitrogens with zero attached hydrogens (tertiary/aromatic N) is 2. The Hall–Kier alpha value is -2.47. The van der Waals surface area contributed by atoms with Crippen molar-refractivity contribution in [1.82, 2.24) is 15.1 Å². The SMILES string of the molecule is CNC(=O)c1ccc(-n2nc(Br)c3ccccc3c2=O)cc1. The standard InChI is InChI=1S/C16H12BrN3O2/c1-18-15(21)10-6-8-11(9-7-10)20-16(22)13-5-3-2-4-12(13)14(17)19-20/h2-9H,1H3,(H,18,21). The molecule has 1 heterocycles. The van der Waals surface area contributed by atoms with Crippen molar-refractivity contribution in [3.8, 4) is 5.69 Å². The van der Waals surface area contributed by atoms with Crippen LogP contribution in [0, 0.1) is 0 Å². The number of carbonyl (C=O) groups excluding carboxylic acids is 1. The van der Waals surface area contributed by atoms with Crippen LogP contribution in [0.1, 0.15) is 10.4 Å². The predicted molar refractivity (Wildman–Crippen MR) is 88.4 cm³/mol. The van der Waals surface area contributed by atoms with Gasteiger partial charge in [-0.2, -0.15) is 9.78 Å². The molecule has 0 aliphatic heterocycles. The van der Waals surface area contributed by atoms with E-state index in [1.807, 2.05) is 18.2 Å². The fourth-order valence-electron chi connectivity index (χ4n) is 2.22. The summed E-state index contributed by atoms with van der Waals surface area (Å²) in [6, 6.07) is 14.0. The van der Waals surface area contributed by atoms with E-state index >= 15 is 0 Å². The Labute approximate surface area is 134 Å². The Morgan fingerprint density at radius 1 is 1.09 bits per heavy atom. The van der Waals surface area contributed by atoms with E-state index in [0.29, 0.717) is 21.2 Å². The van der Waals surface area contributed by atoms with Crippen LogP contribution in [0.15, 0.2) is 57.9 Å². The number of halogens is 1. The van der Waals surface area contributed by atoms with Crippen LogP contribution in [0.5, 0.6) is 0 Å². The van der Waals surface area contributed by atoms with Crippen LogP contribution in [0.2, 0.25) is 0 Å². The second kappa shape index (κ2) is 5.73. The number of nitrogens with one attached hydrogen (secondary N) is 1. The van der Waals surface area contributed by atoms with Crippen LogP contribution in [0.25, 0.3) is 16.5 Å². The first kappa shape index (κ1) is 14.5. The third-order valence-electron chi connectivity index (χ3n) is 3.36. The molecule has 3 aromatic rings. The number of amides is 1. The van der Waals surface area contributed by atoms with E-state index in [4.69, 9.17) is 0 Å². The van der Waals surface area contributed by atoms with E-state index in [0.717, 1.165) is 5.39 Å². The Morgan fingerprint density at radius 2 is 1.73 bits per heavy atom. The normalized spacial score (nSPS) is 10.6. The molecule has 3 rings (SSSR count). The number of rotatable bonds is 2. The first-order valence-corrected chi connectivity index (χ1v) is 7.41. The van der Waals surface area contributed by atoms with E-state index in [2.05, 4.69) is 26.3 Å². The fourth-order valence-corrected chi connectivity index (χ4v) is 2.73. The maximum Gasteiger partial charge on any atom is 0.279 e. The summed E-state index contributed by atoms with van der Waals surface area (Å²) >= 11 is 3.39. The van der Waals surface area contributed by atoms with Gasteiger partial charge in [-0.1, -0.05) is 18.2 Å². The third kappa shape index (κ3) is 2.42. The summed E-state index contributed by atoms with van der Waals surface area (Å²) in [5.74, 6) is -0.174. The molecule has 0 saturated heterocycles. The van der Waals surface area contributed by atoms with Crippen LogP contribution in [-0.2, 0) is 0 Å². The summed E-state index contributed by atoms with van der Waals surface area (Å²) in [5, 5.41) is 8.19. The van der Waals surface area contributed by atoms with Crippen molar-refractivity contribution in [1.29, 1.82) is 0 Å². The number of fused-ring (bicyclic) bond motifs is 1. The molecule has 0 bridgehead atoms. The van der Waals surface area contributed by atoms with Crippen molar-refractivity contribution in [2.75, 3.05) is 7.05 Å². The number of aromatic nitrogens is 2. The fraction of sp³-hybridized carbons (Fsp3) is 0.0625. The Balaban J connectivity index is 2.16. The lowest BCUT2D eigenvalue weighted by Crippen LogP contribution is -2.22. The minimum absolute atomic E-state index is 0.174. The lowest BCUT2D eigenvalue weighted by Gasteiger charge is -2.08. The monoisotopic (exact) mass is 357 g/mol. The molecule has 2 aromatic carbocycles. The van der Waals surface area contributed by atoms with Gasteiger partial charge >= 0.3 is 0 Å². The Kier molecular flexibility index (Phi) is 3.77. The molecule has 0 spiro atoms. The molecular weight excluding hydrogens is 346 g/mol. The Bertz CT molecular complexity index is 917. The summed E-state index contributed by atoms with van der Waals surface area (Å²) in [4.78, 5) is 24.1. The van der Waals surface area contributed by atoms with E-state index in [1.165, 1.54) is 4.68 Å². The lowest BCUT2D eigenvalue weighted by atomic mass is 10.2. The van der Waals surface area contributed by atoms with Crippen molar-refractivity contribution in [2.24, 2.45) is 0 Å². The lowest BCUT2D eigenvalue weighted by molar-refractivity contribution is 0.0963. The molecule has 0 fully saturated rings. The third-order valence-corrected chi connectivity index (χ3v) is 3.95. The van der Waals surface area contributed by atoms with Crippen LogP contribution in [-0.4, -0.2) is 22.7 Å². The molecule has 0 aliphatic carbocycles. The molecule has 110 valence electrons. The van der Waals surface area contributed by atoms with E-state index in [9.17, 15) is 9.59 Å². The van der Waals surface area contributed by atoms with Gasteiger partial charge in [0.05, 0.1) is 11.1 Å². The predicted octanol–water partition coefficient (Wildman–Crippen LogP) is 2.51. The van der Waals surface area contributed by atoms with Crippen molar-refractivity contribution in [3.63, 3.8) is 0 Å². The van der Waals surface area contributed by atoms with Gasteiger partial charge in [0, 0.05) is 18.0 Å². The minimum atomic E-state index is -0.202. The van der Waals surface area contributed by atoms with Crippen LogP contribution in [0.3, 0.4) is 0 Å². The zero-order chi connectivity index (χ0) is 15.7. The highest BCUT2D eigenvalue weighted by atomic mass is 79.9. The molecule has 0 atom stereocenters. The van der Waals surface area contributed by atoms with Gasteiger partial charge in [-0.05, 0) is 46.3 Å². The Morgan fingerprint density at radius 3 is 2.36 bits per heavy atom. The topological polar surface area (TPSA) is 64.0 Å². The van der Waals surface area contributed by atoms with Gasteiger partial charge in [-0.15, -0.1) is 0 Å². The van der Waals surface area contributed by atoms with E-state index < -0.39 is 0 Å². The maximum atomic E-state index is 12.6. The van der Waals surface area contributed by atoms with Crippen LogP contribution >= 0.6 is 15.9 Å². The van der Waals surface area contributed by atoms with Crippen LogP contribution in [0.4, 0.5) is 0 Å². The first-order chi connectivity index (χ1) is 10.6. The molecule has 1 amide bonds. The van der Waals surface area contributed by atoms with Crippen molar-refractivity contribution in [3.05, 3.63) is 69.1 Å². The van der Waals surface area contributed by atoms with Crippen molar-refractivity contribution < 1.29 is 4.79 Å². The summed E-state index contributed by atoms with van der Waals surface area (Å²) in [6.07, 6.45) is 0. The van der Waals surface area contributed by atoms with Gasteiger partial charge in [-0.25, -0.2) is 0 Å². The van der Waals surface area contributed by atoms with Gasteiger partial charge in [-0.3, -0.25) is 9.59 Å². The first-order valence-electron chi connectivity index (χ1n) is 6.62. The zero-order valence-corrected chi connectivity index (χ0v) is 13.3. The highest BCUT2D eigenvalue weighted by molar-refractivity contribution is 9.10. The maximum absolute atomic E-state index is 12.6. The van der Waals surface area contributed by atoms with E-state index in [-0.39, 0.29) is 11.5 Å². The second-order valence-electron chi connectivity index (χ2n) is 4.68. The minimum Gasteiger partial charge on any atom is -0.355 e. The molecule has 1 N–H and O–H groups in total. The molecule has 5 nitrogen and oxygen atoms in total. The molecule has 22 heavy (non-hydrogen) atoms. The van der Waals surface area contributed by atoms with Crippen molar-refractivity contribution >= 4 is 32.6 Å². The summed E-state index contributed by atoms with van der Waals surface area (Å²) in [5.41, 5.74) is 0.926. The molecular formula is C16H12BrN3O2. The molecule has 0 saturated carbocycles. The number of hydrogen-bond acceptors (Lipinski definition) is 3. The van der Waals surface area contributed by atoms with E-state index in [1.54, 1.807) is 37.4 Å². The number of carbonyl (C=O) groups is 1. The summed E-state index contributed by atoms with van der Waals surface area (Å²) in [6.45, 7) is 0. The zero-order valence-electron chi connectivity index (χ0n) is 11.7. The second-order valence-corrected chi connectivity index (χ2v) is 5.43. The van der Waals surface area contributed by atoms with Crippen molar-refractivity contribution in [2.45, 2.75) is 0 Å². The van der Waals surface area contributed by atoms with Gasteiger partial charge in [0.15, 0.2) is 0 Å². The molecule has 1 aromatic heterocycles. The largest absolute Gasteiger partial charge is 0.355 e. The number of hydrogen-bond donors (Lipinski definition) is 1. The summed E-state index contributed by atoms with van der Waals surface area (Å²) in [7, 11) is 1.57. The quantitative estimate of drug-likeness (QED) is 0.766. The average molecular weight is 358 g/mol. The smallest absolute Gasteiger partial charge is 0.279 e. The molecule has 0 unspecified atom stereocenters. The van der Waals surface area contributed by atoms with Gasteiger partial charge in [0.25, 0.3) is 11.5 Å². The van der Waals surface area contributed by atoms with Gasteiger partial charge < -0.3 is 5.32 Å². The average Bonchev–Trinajstić information content (AvgIpc) is 2.57. The highest BCUT2D eigenvalue weighted by Gasteiger charge is 2.10. The van der Waals surface area contributed by atoms with Crippen LogP contribution < -0.4 is 10.9 Å². The highest BCUT2D eigenvalue weighted by Crippen LogP contribution is 2.19. The summed E-state index contributed by atoms with van der Waals surface area (Å²) < 4.78 is 1.91. The molecule has 0 aliphatic rings. The van der Waals surface area contributed by atoms with Gasteiger partial charge in [0.2, 0.25) is 0 Å². The number of benzene rings is 2. The van der Waals surface area contributed by atoms with Gasteiger partial charge in [0.1, 0.15) is 4.60 Å². The molecule has 0 radical (unpaired) electrons.